The molecular formula is C10H8F3NO2. The second-order valence-corrected chi connectivity index (χ2v) is 3.11. The van der Waals surface area contributed by atoms with Crippen LogP contribution in [0.2, 0.25) is 0 Å². The van der Waals surface area contributed by atoms with E-state index in [1.165, 1.54) is 6.92 Å². The van der Waals surface area contributed by atoms with E-state index in [9.17, 15) is 22.8 Å². The lowest BCUT2D eigenvalue weighted by atomic mass is 10.2. The number of rotatable bonds is 3. The Kier molecular flexibility index (Phi) is 3.65. The monoisotopic (exact) mass is 231 g/mol. The lowest BCUT2D eigenvalue weighted by molar-refractivity contribution is -0.116. The van der Waals surface area contributed by atoms with Crippen molar-refractivity contribution in [3.63, 3.8) is 0 Å². The Labute approximate surface area is 89.3 Å². The van der Waals surface area contributed by atoms with Crippen molar-refractivity contribution < 1.29 is 22.8 Å². The molecule has 1 aromatic rings. The summed E-state index contributed by atoms with van der Waals surface area (Å²) in [6.45, 7) is 0.930. The van der Waals surface area contributed by atoms with Crippen LogP contribution >= 0.6 is 0 Å². The minimum Gasteiger partial charge on any atom is -0.345 e. The normalized spacial score (nSPS) is 10.0. The molecule has 0 heterocycles. The van der Waals surface area contributed by atoms with E-state index in [0.29, 0.717) is 6.07 Å². The van der Waals surface area contributed by atoms with Gasteiger partial charge in [-0.05, 0) is 19.1 Å². The molecule has 1 rings (SSSR count). The number of Topliss-reactive ketones (excluding diaryl/α,β-unsaturated/α-hetero) is 1. The number of ketones is 1. The summed E-state index contributed by atoms with van der Waals surface area (Å²) in [5.41, 5.74) is -0.639. The van der Waals surface area contributed by atoms with Crippen LogP contribution < -0.4 is 5.32 Å². The summed E-state index contributed by atoms with van der Waals surface area (Å²) in [7, 11) is 0. The lowest BCUT2D eigenvalue weighted by Crippen LogP contribution is -2.29. The van der Waals surface area contributed by atoms with Gasteiger partial charge in [0, 0.05) is 0 Å². The van der Waals surface area contributed by atoms with Crippen molar-refractivity contribution in [3.8, 4) is 0 Å². The molecule has 0 radical (unpaired) electrons. The quantitative estimate of drug-likeness (QED) is 0.800. The molecule has 0 aliphatic rings. The van der Waals surface area contributed by atoms with E-state index >= 15 is 0 Å². The highest BCUT2D eigenvalue weighted by Crippen LogP contribution is 2.14. The van der Waals surface area contributed by atoms with Crippen molar-refractivity contribution in [2.24, 2.45) is 0 Å². The van der Waals surface area contributed by atoms with Crippen LogP contribution in [0.4, 0.5) is 13.2 Å². The van der Waals surface area contributed by atoms with Gasteiger partial charge in [-0.2, -0.15) is 0 Å². The summed E-state index contributed by atoms with van der Waals surface area (Å²) >= 11 is 0. The Morgan fingerprint density at radius 3 is 2.38 bits per heavy atom. The van der Waals surface area contributed by atoms with E-state index in [-0.39, 0.29) is 12.3 Å². The lowest BCUT2D eigenvalue weighted by Gasteiger charge is -2.04. The highest BCUT2D eigenvalue weighted by Gasteiger charge is 2.18. The topological polar surface area (TPSA) is 46.2 Å². The van der Waals surface area contributed by atoms with E-state index in [4.69, 9.17) is 0 Å². The van der Waals surface area contributed by atoms with Gasteiger partial charge in [0.1, 0.15) is 5.78 Å². The van der Waals surface area contributed by atoms with Gasteiger partial charge >= 0.3 is 0 Å². The summed E-state index contributed by atoms with van der Waals surface area (Å²) < 4.78 is 38.4. The van der Waals surface area contributed by atoms with Gasteiger partial charge < -0.3 is 5.32 Å². The zero-order valence-corrected chi connectivity index (χ0v) is 8.31. The third kappa shape index (κ3) is 2.59. The molecule has 0 atom stereocenters. The summed E-state index contributed by atoms with van der Waals surface area (Å²) in [6, 6.07) is 1.45. The van der Waals surface area contributed by atoms with Crippen LogP contribution in [-0.2, 0) is 4.79 Å². The smallest absolute Gasteiger partial charge is 0.254 e. The van der Waals surface area contributed by atoms with Crippen LogP contribution in [0.25, 0.3) is 0 Å². The molecule has 86 valence electrons. The van der Waals surface area contributed by atoms with Gasteiger partial charge in [-0.3, -0.25) is 9.59 Å². The van der Waals surface area contributed by atoms with E-state index < -0.39 is 28.9 Å². The second kappa shape index (κ2) is 4.78. The number of hydrogen-bond acceptors (Lipinski definition) is 2. The highest BCUT2D eigenvalue weighted by molar-refractivity contribution is 5.96. The fourth-order valence-corrected chi connectivity index (χ4v) is 1.00. The fourth-order valence-electron chi connectivity index (χ4n) is 1.00. The number of nitrogens with one attached hydrogen (secondary N) is 1. The number of halogens is 3. The highest BCUT2D eigenvalue weighted by atomic mass is 19.2. The zero-order chi connectivity index (χ0) is 12.3. The van der Waals surface area contributed by atoms with Crippen LogP contribution in [0.15, 0.2) is 12.1 Å². The van der Waals surface area contributed by atoms with Crippen molar-refractivity contribution >= 4 is 11.7 Å². The molecule has 0 spiro atoms. The Morgan fingerprint density at radius 2 is 1.81 bits per heavy atom. The second-order valence-electron chi connectivity index (χ2n) is 3.11. The van der Waals surface area contributed by atoms with Crippen LogP contribution in [0, 0.1) is 17.5 Å². The molecule has 0 aliphatic carbocycles. The largest absolute Gasteiger partial charge is 0.345 e. The fraction of sp³-hybridized carbons (Fsp3) is 0.200. The molecule has 0 unspecified atom stereocenters. The van der Waals surface area contributed by atoms with Gasteiger partial charge in [-0.25, -0.2) is 13.2 Å². The van der Waals surface area contributed by atoms with Crippen molar-refractivity contribution in [1.29, 1.82) is 0 Å². The van der Waals surface area contributed by atoms with Crippen molar-refractivity contribution in [3.05, 3.63) is 35.1 Å². The zero-order valence-electron chi connectivity index (χ0n) is 8.31. The maximum atomic E-state index is 13.1. The van der Waals surface area contributed by atoms with Gasteiger partial charge in [-0.1, -0.05) is 0 Å². The Morgan fingerprint density at radius 1 is 1.19 bits per heavy atom. The Bertz CT molecular complexity index is 446. The van der Waals surface area contributed by atoms with Gasteiger partial charge in [0.2, 0.25) is 0 Å². The van der Waals surface area contributed by atoms with E-state index in [1.54, 1.807) is 0 Å². The predicted octanol–water partition coefficient (Wildman–Crippen LogP) is 1.42. The third-order valence-electron chi connectivity index (χ3n) is 1.78. The van der Waals surface area contributed by atoms with E-state index in [1.807, 2.05) is 0 Å². The predicted molar refractivity (Wildman–Crippen MR) is 49.3 cm³/mol. The van der Waals surface area contributed by atoms with E-state index in [2.05, 4.69) is 5.32 Å². The molecule has 0 bridgehead atoms. The van der Waals surface area contributed by atoms with E-state index in [0.717, 1.165) is 6.07 Å². The number of benzene rings is 1. The molecule has 3 nitrogen and oxygen atoms in total. The Hall–Kier alpha value is -1.85. The molecule has 0 saturated heterocycles. The van der Waals surface area contributed by atoms with Gasteiger partial charge in [0.25, 0.3) is 5.91 Å². The first-order valence-electron chi connectivity index (χ1n) is 4.34. The molecule has 0 aliphatic heterocycles. The minimum absolute atomic E-state index is 0.294. The molecule has 1 N–H and O–H groups in total. The summed E-state index contributed by atoms with van der Waals surface area (Å²) in [4.78, 5) is 21.8. The average Bonchev–Trinajstić information content (AvgIpc) is 2.23. The van der Waals surface area contributed by atoms with Crippen molar-refractivity contribution in [2.75, 3.05) is 6.54 Å². The first kappa shape index (κ1) is 12.2. The minimum atomic E-state index is -1.71. The first-order chi connectivity index (χ1) is 7.43. The summed E-state index contributed by atoms with van der Waals surface area (Å²) in [5, 5.41) is 2.07. The molecule has 6 heteroatoms. The van der Waals surface area contributed by atoms with Crippen LogP contribution in [0.3, 0.4) is 0 Å². The van der Waals surface area contributed by atoms with Crippen molar-refractivity contribution in [1.82, 2.24) is 5.32 Å². The summed E-state index contributed by atoms with van der Waals surface area (Å²) in [5.74, 6) is -5.96. The number of amides is 1. The van der Waals surface area contributed by atoms with Gasteiger partial charge in [-0.15, -0.1) is 0 Å². The maximum absolute atomic E-state index is 13.1. The maximum Gasteiger partial charge on any atom is 0.254 e. The van der Waals surface area contributed by atoms with Crippen LogP contribution in [-0.4, -0.2) is 18.2 Å². The molecule has 1 aromatic carbocycles. The standard InChI is InChI=1S/C10H8F3NO2/c1-5(15)4-14-10(16)6-2-3-7(11)9(13)8(6)12/h2-3H,4H2,1H3,(H,14,16). The molecule has 0 aromatic heterocycles. The van der Waals surface area contributed by atoms with Crippen molar-refractivity contribution in [2.45, 2.75) is 6.92 Å². The van der Waals surface area contributed by atoms with Gasteiger partial charge in [0.15, 0.2) is 17.5 Å². The number of carbonyl (C=O) groups is 2. The van der Waals surface area contributed by atoms with Gasteiger partial charge in [0.05, 0.1) is 12.1 Å². The number of hydrogen-bond donors (Lipinski definition) is 1. The molecule has 16 heavy (non-hydrogen) atoms. The SMILES string of the molecule is CC(=O)CNC(=O)c1ccc(F)c(F)c1F. The Balaban J connectivity index is 2.92. The molecular weight excluding hydrogens is 223 g/mol. The molecule has 1 amide bonds. The number of carbonyl (C=O) groups excluding carboxylic acids is 2. The third-order valence-corrected chi connectivity index (χ3v) is 1.78. The van der Waals surface area contributed by atoms with Crippen LogP contribution in [0.5, 0.6) is 0 Å². The molecule has 0 fully saturated rings. The average molecular weight is 231 g/mol. The first-order valence-corrected chi connectivity index (χ1v) is 4.34. The summed E-state index contributed by atoms with van der Waals surface area (Å²) in [6.07, 6.45) is 0. The van der Waals surface area contributed by atoms with Crippen LogP contribution in [0.1, 0.15) is 17.3 Å². The molecule has 0 saturated carbocycles.